The van der Waals surface area contributed by atoms with Gasteiger partial charge in [-0.2, -0.15) is 0 Å². The lowest BCUT2D eigenvalue weighted by Crippen LogP contribution is -2.33. The molecule has 0 bridgehead atoms. The van der Waals surface area contributed by atoms with Crippen LogP contribution in [0.2, 0.25) is 0 Å². The maximum Gasteiger partial charge on any atom is 0.119 e. The van der Waals surface area contributed by atoms with Gasteiger partial charge in [-0.15, -0.1) is 0 Å². The van der Waals surface area contributed by atoms with Crippen molar-refractivity contribution in [3.8, 4) is 0 Å². The van der Waals surface area contributed by atoms with E-state index >= 15 is 0 Å². The van der Waals surface area contributed by atoms with E-state index in [0.29, 0.717) is 12.0 Å². The van der Waals surface area contributed by atoms with Gasteiger partial charge in [-0.1, -0.05) is 27.7 Å². The number of halogens is 1. The van der Waals surface area contributed by atoms with Gasteiger partial charge in [-0.25, -0.2) is 4.98 Å². The number of fused-ring (bicyclic) bond motifs is 1. The largest absolute Gasteiger partial charge is 0.330 e. The third-order valence-corrected chi connectivity index (χ3v) is 4.66. The van der Waals surface area contributed by atoms with Crippen molar-refractivity contribution in [2.24, 2.45) is 11.8 Å². The summed E-state index contributed by atoms with van der Waals surface area (Å²) in [6.45, 7) is 9.33. The van der Waals surface area contributed by atoms with Gasteiger partial charge in [0.15, 0.2) is 0 Å². The molecule has 0 saturated heterocycles. The first kappa shape index (κ1) is 11.4. The van der Waals surface area contributed by atoms with Gasteiger partial charge in [0, 0.05) is 18.2 Å². The van der Waals surface area contributed by atoms with Crippen LogP contribution in [-0.4, -0.2) is 9.55 Å². The summed E-state index contributed by atoms with van der Waals surface area (Å²) in [5.74, 6) is 3.37. The van der Waals surface area contributed by atoms with Gasteiger partial charge >= 0.3 is 0 Å². The maximum absolute atomic E-state index is 4.66. The Morgan fingerprint density at radius 1 is 1.33 bits per heavy atom. The van der Waals surface area contributed by atoms with Crippen LogP contribution in [0.5, 0.6) is 0 Å². The summed E-state index contributed by atoms with van der Waals surface area (Å²) >= 11 is 2.32. The Hall–Kier alpha value is -0.0600. The lowest BCUT2D eigenvalue weighted by atomic mass is 9.76. The Morgan fingerprint density at radius 3 is 2.60 bits per heavy atom. The van der Waals surface area contributed by atoms with Crippen molar-refractivity contribution in [1.29, 1.82) is 0 Å². The molecule has 0 radical (unpaired) electrons. The van der Waals surface area contributed by atoms with E-state index < -0.39 is 0 Å². The van der Waals surface area contributed by atoms with Gasteiger partial charge in [0.05, 0.1) is 0 Å². The van der Waals surface area contributed by atoms with Crippen LogP contribution in [0.4, 0.5) is 0 Å². The molecule has 84 valence electrons. The zero-order chi connectivity index (χ0) is 11.2. The highest BCUT2D eigenvalue weighted by atomic mass is 127. The van der Waals surface area contributed by atoms with Crippen molar-refractivity contribution in [3.05, 3.63) is 15.7 Å². The summed E-state index contributed by atoms with van der Waals surface area (Å²) < 4.78 is 3.55. The standard InChI is InChI=1S/C12H19IN2/c1-5-10-8(3)7(2)9(4)12-14-11(13)6-15(10)12/h6-10H,5H2,1-4H3. The molecule has 3 heteroatoms. The molecule has 2 heterocycles. The van der Waals surface area contributed by atoms with Gasteiger partial charge in [-0.3, -0.25) is 0 Å². The SMILES string of the molecule is CCC1C(C)C(C)C(C)c2nc(I)cn21. The highest BCUT2D eigenvalue weighted by Crippen LogP contribution is 2.42. The number of nitrogens with zero attached hydrogens (tertiary/aromatic N) is 2. The van der Waals surface area contributed by atoms with Crippen molar-refractivity contribution in [3.63, 3.8) is 0 Å². The van der Waals surface area contributed by atoms with Crippen LogP contribution >= 0.6 is 22.6 Å². The lowest BCUT2D eigenvalue weighted by Gasteiger charge is -2.39. The van der Waals surface area contributed by atoms with Crippen molar-refractivity contribution in [2.45, 2.75) is 46.1 Å². The molecule has 1 aromatic heterocycles. The van der Waals surface area contributed by atoms with Crippen molar-refractivity contribution in [1.82, 2.24) is 9.55 Å². The Balaban J connectivity index is 2.49. The molecule has 2 rings (SSSR count). The highest BCUT2D eigenvalue weighted by Gasteiger charge is 2.36. The van der Waals surface area contributed by atoms with Crippen LogP contribution in [0.3, 0.4) is 0 Å². The van der Waals surface area contributed by atoms with Crippen molar-refractivity contribution in [2.75, 3.05) is 0 Å². The van der Waals surface area contributed by atoms with Crippen LogP contribution in [0.25, 0.3) is 0 Å². The molecule has 0 amide bonds. The van der Waals surface area contributed by atoms with Gasteiger partial charge < -0.3 is 4.57 Å². The van der Waals surface area contributed by atoms with Gasteiger partial charge in [0.25, 0.3) is 0 Å². The molecular weight excluding hydrogens is 299 g/mol. The Labute approximate surface area is 106 Å². The minimum Gasteiger partial charge on any atom is -0.330 e. The van der Waals surface area contributed by atoms with E-state index in [1.54, 1.807) is 0 Å². The Kier molecular flexibility index (Phi) is 3.10. The fraction of sp³-hybridized carbons (Fsp3) is 0.750. The second-order valence-electron chi connectivity index (χ2n) is 4.81. The van der Waals surface area contributed by atoms with Gasteiger partial charge in [-0.05, 0) is 40.8 Å². The van der Waals surface area contributed by atoms with Gasteiger partial charge in [0.1, 0.15) is 9.53 Å². The Bertz CT molecular complexity index is 359. The van der Waals surface area contributed by atoms with Crippen molar-refractivity contribution < 1.29 is 0 Å². The molecule has 1 aliphatic heterocycles. The summed E-state index contributed by atoms with van der Waals surface area (Å²) in [6.07, 6.45) is 3.42. The molecule has 4 unspecified atom stereocenters. The molecule has 0 N–H and O–H groups in total. The van der Waals surface area contributed by atoms with Crippen LogP contribution in [-0.2, 0) is 0 Å². The molecule has 0 aliphatic carbocycles. The average Bonchev–Trinajstić information content (AvgIpc) is 2.58. The third-order valence-electron chi connectivity index (χ3n) is 4.14. The van der Waals surface area contributed by atoms with E-state index in [0.717, 1.165) is 15.5 Å². The van der Waals surface area contributed by atoms with E-state index in [9.17, 15) is 0 Å². The second-order valence-corrected chi connectivity index (χ2v) is 5.92. The summed E-state index contributed by atoms with van der Waals surface area (Å²) in [6, 6.07) is 0.641. The molecule has 0 spiro atoms. The number of hydrogen-bond donors (Lipinski definition) is 0. The lowest BCUT2D eigenvalue weighted by molar-refractivity contribution is 0.183. The number of aromatic nitrogens is 2. The minimum atomic E-state index is 0.589. The van der Waals surface area contributed by atoms with Crippen LogP contribution in [0.15, 0.2) is 6.20 Å². The molecule has 15 heavy (non-hydrogen) atoms. The predicted octanol–water partition coefficient (Wildman–Crippen LogP) is 3.83. The third kappa shape index (κ3) is 1.73. The van der Waals surface area contributed by atoms with E-state index in [4.69, 9.17) is 0 Å². The smallest absolute Gasteiger partial charge is 0.119 e. The van der Waals surface area contributed by atoms with E-state index in [-0.39, 0.29) is 0 Å². The molecule has 2 nitrogen and oxygen atoms in total. The molecule has 0 saturated carbocycles. The highest BCUT2D eigenvalue weighted by molar-refractivity contribution is 14.1. The first-order valence-corrected chi connectivity index (χ1v) is 6.88. The van der Waals surface area contributed by atoms with Gasteiger partial charge in [0.2, 0.25) is 0 Å². The number of imidazole rings is 1. The normalized spacial score (nSPS) is 35.3. The summed E-state index contributed by atoms with van der Waals surface area (Å²) in [5, 5.41) is 0. The summed E-state index contributed by atoms with van der Waals surface area (Å²) in [4.78, 5) is 4.66. The van der Waals surface area contributed by atoms with Crippen LogP contribution in [0, 0.1) is 15.5 Å². The Morgan fingerprint density at radius 2 is 2.00 bits per heavy atom. The fourth-order valence-electron chi connectivity index (χ4n) is 2.84. The molecular formula is C12H19IN2. The summed E-state index contributed by atoms with van der Waals surface area (Å²) in [5.41, 5.74) is 0. The fourth-order valence-corrected chi connectivity index (χ4v) is 3.39. The molecule has 0 aromatic carbocycles. The van der Waals surface area contributed by atoms with E-state index in [1.807, 2.05) is 0 Å². The monoisotopic (exact) mass is 318 g/mol. The van der Waals surface area contributed by atoms with E-state index in [1.165, 1.54) is 12.2 Å². The number of rotatable bonds is 1. The average molecular weight is 318 g/mol. The minimum absolute atomic E-state index is 0.589. The molecule has 4 atom stereocenters. The molecule has 0 fully saturated rings. The van der Waals surface area contributed by atoms with Crippen LogP contribution in [0.1, 0.15) is 51.9 Å². The number of hydrogen-bond acceptors (Lipinski definition) is 1. The second kappa shape index (κ2) is 4.07. The zero-order valence-corrected chi connectivity index (χ0v) is 12.0. The van der Waals surface area contributed by atoms with E-state index in [2.05, 4.69) is 66.0 Å². The zero-order valence-electron chi connectivity index (χ0n) is 9.87. The first-order chi connectivity index (χ1) is 7.06. The summed E-state index contributed by atoms with van der Waals surface area (Å²) in [7, 11) is 0. The quantitative estimate of drug-likeness (QED) is 0.720. The topological polar surface area (TPSA) is 17.8 Å². The maximum atomic E-state index is 4.66. The predicted molar refractivity (Wildman–Crippen MR) is 71.0 cm³/mol. The van der Waals surface area contributed by atoms with Crippen LogP contribution < -0.4 is 0 Å². The molecule has 1 aliphatic rings. The molecule has 1 aromatic rings. The first-order valence-electron chi connectivity index (χ1n) is 5.80. The van der Waals surface area contributed by atoms with Crippen molar-refractivity contribution >= 4 is 22.6 Å².